The fourth-order valence-electron chi connectivity index (χ4n) is 1.89. The van der Waals surface area contributed by atoms with Gasteiger partial charge in [0.25, 0.3) is 0 Å². The fraction of sp³-hybridized carbons (Fsp3) is 0.312. The number of rotatable bonds is 7. The van der Waals surface area contributed by atoms with E-state index in [4.69, 9.17) is 4.74 Å². The Labute approximate surface area is 123 Å². The van der Waals surface area contributed by atoms with Crippen LogP contribution in [0.4, 0.5) is 0 Å². The molecule has 1 heterocycles. The molecular formula is C16H19NO2S. The Morgan fingerprint density at radius 3 is 2.95 bits per heavy atom. The van der Waals surface area contributed by atoms with Crippen molar-refractivity contribution in [3.8, 4) is 5.75 Å². The lowest BCUT2D eigenvalue weighted by atomic mass is 10.2. The van der Waals surface area contributed by atoms with Gasteiger partial charge in [0.05, 0.1) is 6.61 Å². The Balaban J connectivity index is 1.76. The van der Waals surface area contributed by atoms with E-state index in [1.807, 2.05) is 36.6 Å². The summed E-state index contributed by atoms with van der Waals surface area (Å²) in [6.07, 6.45) is 1.33. The third kappa shape index (κ3) is 4.70. The summed E-state index contributed by atoms with van der Waals surface area (Å²) < 4.78 is 5.44. The van der Waals surface area contributed by atoms with Gasteiger partial charge in [-0.3, -0.25) is 4.79 Å². The summed E-state index contributed by atoms with van der Waals surface area (Å²) >= 11 is 1.66. The van der Waals surface area contributed by atoms with Crippen molar-refractivity contribution in [1.82, 2.24) is 5.32 Å². The van der Waals surface area contributed by atoms with Gasteiger partial charge in [-0.2, -0.15) is 11.3 Å². The Hall–Kier alpha value is -1.81. The predicted molar refractivity (Wildman–Crippen MR) is 82.1 cm³/mol. The van der Waals surface area contributed by atoms with Gasteiger partial charge in [0.1, 0.15) is 5.75 Å². The Bertz CT molecular complexity index is 537. The van der Waals surface area contributed by atoms with Gasteiger partial charge in [-0.15, -0.1) is 0 Å². The van der Waals surface area contributed by atoms with Gasteiger partial charge in [-0.25, -0.2) is 0 Å². The number of nitrogens with one attached hydrogen (secondary N) is 1. The van der Waals surface area contributed by atoms with Crippen molar-refractivity contribution in [2.45, 2.75) is 26.3 Å². The van der Waals surface area contributed by atoms with Gasteiger partial charge >= 0.3 is 0 Å². The molecule has 0 saturated carbocycles. The van der Waals surface area contributed by atoms with Crippen molar-refractivity contribution in [2.24, 2.45) is 0 Å². The molecule has 1 aromatic carbocycles. The molecule has 0 unspecified atom stereocenters. The minimum absolute atomic E-state index is 0.0815. The van der Waals surface area contributed by atoms with Crippen molar-refractivity contribution < 1.29 is 9.53 Å². The molecule has 3 nitrogen and oxygen atoms in total. The van der Waals surface area contributed by atoms with E-state index in [1.54, 1.807) is 11.3 Å². The van der Waals surface area contributed by atoms with E-state index in [0.29, 0.717) is 19.6 Å². The molecule has 1 aromatic heterocycles. The second-order valence-corrected chi connectivity index (χ2v) is 5.27. The summed E-state index contributed by atoms with van der Waals surface area (Å²) in [4.78, 5) is 11.8. The zero-order chi connectivity index (χ0) is 14.2. The Morgan fingerprint density at radius 1 is 1.30 bits per heavy atom. The molecule has 0 spiro atoms. The molecule has 1 amide bonds. The van der Waals surface area contributed by atoms with E-state index < -0.39 is 0 Å². The van der Waals surface area contributed by atoms with Gasteiger partial charge in [0.2, 0.25) is 5.91 Å². The number of amides is 1. The first-order chi connectivity index (χ1) is 9.78. The lowest BCUT2D eigenvalue weighted by Crippen LogP contribution is -2.22. The minimum Gasteiger partial charge on any atom is -0.494 e. The highest BCUT2D eigenvalue weighted by Crippen LogP contribution is 2.13. The first kappa shape index (κ1) is 14.6. The molecule has 0 aliphatic carbocycles. The number of hydrogen-bond acceptors (Lipinski definition) is 3. The molecule has 1 N–H and O–H groups in total. The van der Waals surface area contributed by atoms with Crippen LogP contribution in [0.5, 0.6) is 5.75 Å². The van der Waals surface area contributed by atoms with Crippen LogP contribution in [0.3, 0.4) is 0 Å². The number of benzene rings is 1. The van der Waals surface area contributed by atoms with Gasteiger partial charge in [-0.05, 0) is 53.4 Å². The summed E-state index contributed by atoms with van der Waals surface area (Å²) in [5.41, 5.74) is 2.28. The van der Waals surface area contributed by atoms with E-state index >= 15 is 0 Å². The summed E-state index contributed by atoms with van der Waals surface area (Å²) in [7, 11) is 0. The molecule has 20 heavy (non-hydrogen) atoms. The predicted octanol–water partition coefficient (Wildman–Crippen LogP) is 3.40. The molecule has 2 rings (SSSR count). The SMILES string of the molecule is CCOc1cccc(CNC(=O)CCc2ccsc2)c1. The first-order valence-electron chi connectivity index (χ1n) is 6.77. The lowest BCUT2D eigenvalue weighted by molar-refractivity contribution is -0.121. The van der Waals surface area contributed by atoms with Crippen LogP contribution in [0.15, 0.2) is 41.1 Å². The molecule has 0 aliphatic rings. The number of thiophene rings is 1. The van der Waals surface area contributed by atoms with Crippen LogP contribution in [0.2, 0.25) is 0 Å². The quantitative estimate of drug-likeness (QED) is 0.848. The van der Waals surface area contributed by atoms with Crippen molar-refractivity contribution in [2.75, 3.05) is 6.61 Å². The zero-order valence-electron chi connectivity index (χ0n) is 11.6. The highest BCUT2D eigenvalue weighted by Gasteiger charge is 2.03. The van der Waals surface area contributed by atoms with Crippen molar-refractivity contribution in [3.63, 3.8) is 0 Å². The van der Waals surface area contributed by atoms with E-state index in [1.165, 1.54) is 5.56 Å². The normalized spacial score (nSPS) is 10.2. The van der Waals surface area contributed by atoms with Crippen molar-refractivity contribution >= 4 is 17.2 Å². The summed E-state index contributed by atoms with van der Waals surface area (Å²) in [5.74, 6) is 0.926. The number of ether oxygens (including phenoxy) is 1. The van der Waals surface area contributed by atoms with Crippen molar-refractivity contribution in [3.05, 3.63) is 52.2 Å². The molecule has 2 aromatic rings. The lowest BCUT2D eigenvalue weighted by Gasteiger charge is -2.07. The second-order valence-electron chi connectivity index (χ2n) is 4.49. The van der Waals surface area contributed by atoms with Gasteiger partial charge in [0.15, 0.2) is 0 Å². The topological polar surface area (TPSA) is 38.3 Å². The highest BCUT2D eigenvalue weighted by atomic mass is 32.1. The number of hydrogen-bond donors (Lipinski definition) is 1. The molecular weight excluding hydrogens is 270 g/mol. The summed E-state index contributed by atoms with van der Waals surface area (Å²) in [6.45, 7) is 3.15. The van der Waals surface area contributed by atoms with Crippen LogP contribution in [0, 0.1) is 0 Å². The number of carbonyl (C=O) groups is 1. The average Bonchev–Trinajstić information content (AvgIpc) is 2.97. The standard InChI is InChI=1S/C16H19NO2S/c1-2-19-15-5-3-4-14(10-15)11-17-16(18)7-6-13-8-9-20-12-13/h3-5,8-10,12H,2,6-7,11H2,1H3,(H,17,18). The van der Waals surface area contributed by atoms with E-state index in [-0.39, 0.29) is 5.91 Å². The second kappa shape index (κ2) is 7.70. The molecule has 0 radical (unpaired) electrons. The van der Waals surface area contributed by atoms with Gasteiger partial charge < -0.3 is 10.1 Å². The van der Waals surface area contributed by atoms with Crippen molar-refractivity contribution in [1.29, 1.82) is 0 Å². The smallest absolute Gasteiger partial charge is 0.220 e. The maximum absolute atomic E-state index is 11.8. The molecule has 0 aliphatic heterocycles. The van der Waals surface area contributed by atoms with Gasteiger partial charge in [0, 0.05) is 13.0 Å². The van der Waals surface area contributed by atoms with Gasteiger partial charge in [-0.1, -0.05) is 12.1 Å². The molecule has 0 saturated heterocycles. The Kier molecular flexibility index (Phi) is 5.62. The summed E-state index contributed by atoms with van der Waals surface area (Å²) in [5, 5.41) is 7.06. The number of carbonyl (C=O) groups excluding carboxylic acids is 1. The third-order valence-electron chi connectivity index (χ3n) is 2.92. The average molecular weight is 289 g/mol. The van der Waals surface area contributed by atoms with Crippen LogP contribution < -0.4 is 10.1 Å². The maximum atomic E-state index is 11.8. The third-order valence-corrected chi connectivity index (χ3v) is 3.65. The largest absolute Gasteiger partial charge is 0.494 e. The molecule has 0 fully saturated rings. The van der Waals surface area contributed by atoms with E-state index in [9.17, 15) is 4.79 Å². The van der Waals surface area contributed by atoms with Crippen LogP contribution in [-0.4, -0.2) is 12.5 Å². The zero-order valence-corrected chi connectivity index (χ0v) is 12.4. The molecule has 0 atom stereocenters. The van der Waals surface area contributed by atoms with Crippen LogP contribution in [0.25, 0.3) is 0 Å². The van der Waals surface area contributed by atoms with E-state index in [0.717, 1.165) is 17.7 Å². The molecule has 0 bridgehead atoms. The van der Waals surface area contributed by atoms with Crippen LogP contribution in [0.1, 0.15) is 24.5 Å². The Morgan fingerprint density at radius 2 is 2.20 bits per heavy atom. The fourth-order valence-corrected chi connectivity index (χ4v) is 2.60. The van der Waals surface area contributed by atoms with Crippen LogP contribution in [-0.2, 0) is 17.8 Å². The van der Waals surface area contributed by atoms with E-state index in [2.05, 4.69) is 16.8 Å². The number of aryl methyl sites for hydroxylation is 1. The maximum Gasteiger partial charge on any atom is 0.220 e. The monoisotopic (exact) mass is 289 g/mol. The minimum atomic E-state index is 0.0815. The summed E-state index contributed by atoms with van der Waals surface area (Å²) in [6, 6.07) is 9.87. The first-order valence-corrected chi connectivity index (χ1v) is 7.71. The molecule has 4 heteroatoms. The highest BCUT2D eigenvalue weighted by molar-refractivity contribution is 7.07. The van der Waals surface area contributed by atoms with Crippen LogP contribution >= 0.6 is 11.3 Å². The molecule has 106 valence electrons.